The molecule has 0 spiro atoms. The number of fused-ring (bicyclic) bond motifs is 1. The van der Waals surface area contributed by atoms with E-state index in [2.05, 4.69) is 17.6 Å². The normalized spacial score (nSPS) is 12.0. The van der Waals surface area contributed by atoms with Crippen LogP contribution in [0.3, 0.4) is 0 Å². The van der Waals surface area contributed by atoms with Gasteiger partial charge in [-0.2, -0.15) is 0 Å². The molecule has 0 fully saturated rings. The average Bonchev–Trinajstić information content (AvgIpc) is 2.52. The van der Waals surface area contributed by atoms with Crippen molar-refractivity contribution in [1.29, 1.82) is 0 Å². The smallest absolute Gasteiger partial charge is 0.251 e. The number of amides is 1. The molecule has 0 atom stereocenters. The van der Waals surface area contributed by atoms with Crippen LogP contribution in [0.2, 0.25) is 10.0 Å². The highest BCUT2D eigenvalue weighted by Crippen LogP contribution is 2.37. The van der Waals surface area contributed by atoms with Gasteiger partial charge in [0.25, 0.3) is 5.91 Å². The second-order valence-corrected chi connectivity index (χ2v) is 4.82. The Bertz CT molecular complexity index is 513. The van der Waals surface area contributed by atoms with Crippen molar-refractivity contribution in [1.82, 2.24) is 5.32 Å². The molecule has 0 saturated carbocycles. The third-order valence-electron chi connectivity index (χ3n) is 3.00. The predicted octanol–water partition coefficient (Wildman–Crippen LogP) is 4.30. The lowest BCUT2D eigenvalue weighted by Crippen LogP contribution is -2.32. The number of nitrogens with two attached hydrogens (primary N) is 1. The van der Waals surface area contributed by atoms with Crippen LogP contribution in [0.4, 0.5) is 0 Å². The number of hydrogen-bond acceptors (Lipinski definition) is 2. The van der Waals surface area contributed by atoms with Gasteiger partial charge in [-0.3, -0.25) is 4.79 Å². The van der Waals surface area contributed by atoms with E-state index >= 15 is 0 Å². The van der Waals surface area contributed by atoms with Gasteiger partial charge in [-0.15, -0.1) is 0 Å². The third kappa shape index (κ3) is 4.47. The van der Waals surface area contributed by atoms with Gasteiger partial charge in [0.15, 0.2) is 0 Å². The lowest BCUT2D eigenvalue weighted by molar-refractivity contribution is 0.0946. The maximum atomic E-state index is 11.7. The first-order valence-corrected chi connectivity index (χ1v) is 7.86. The molecule has 0 radical (unpaired) electrons. The number of hydrogen-bond donors (Lipinski definition) is 2. The minimum absolute atomic E-state index is 0.108. The van der Waals surface area contributed by atoms with Gasteiger partial charge in [-0.1, -0.05) is 50.6 Å². The van der Waals surface area contributed by atoms with Crippen LogP contribution in [0.5, 0.6) is 0 Å². The Labute approximate surface area is 137 Å². The van der Waals surface area contributed by atoms with E-state index in [0.29, 0.717) is 22.2 Å². The van der Waals surface area contributed by atoms with Crippen molar-refractivity contribution in [2.24, 2.45) is 5.73 Å². The van der Waals surface area contributed by atoms with Crippen LogP contribution < -0.4 is 11.1 Å². The zero-order valence-corrected chi connectivity index (χ0v) is 14.7. The number of carbonyl (C=O) groups is 1. The lowest BCUT2D eigenvalue weighted by Gasteiger charge is -2.21. The van der Waals surface area contributed by atoms with Crippen LogP contribution in [-0.2, 0) is 6.42 Å². The summed E-state index contributed by atoms with van der Waals surface area (Å²) in [7, 11) is 1.50. The number of allylic oxidation sites excluding steroid dienone is 1. The van der Waals surface area contributed by atoms with Crippen molar-refractivity contribution in [2.45, 2.75) is 33.6 Å². The molecular formula is C16H24Cl2N2O. The van der Waals surface area contributed by atoms with Gasteiger partial charge < -0.3 is 11.1 Å². The molecule has 1 aliphatic rings. The summed E-state index contributed by atoms with van der Waals surface area (Å²) in [4.78, 5) is 11.7. The average molecular weight is 331 g/mol. The van der Waals surface area contributed by atoms with Crippen molar-refractivity contribution in [2.75, 3.05) is 13.6 Å². The van der Waals surface area contributed by atoms with Crippen LogP contribution >= 0.6 is 23.2 Å². The fourth-order valence-corrected chi connectivity index (χ4v) is 2.82. The highest BCUT2D eigenvalue weighted by atomic mass is 35.5. The molecule has 1 aromatic rings. The molecule has 1 aromatic carbocycles. The molecule has 0 saturated heterocycles. The van der Waals surface area contributed by atoms with Crippen molar-refractivity contribution in [3.8, 4) is 0 Å². The number of rotatable bonds is 2. The van der Waals surface area contributed by atoms with E-state index in [1.165, 1.54) is 7.05 Å². The summed E-state index contributed by atoms with van der Waals surface area (Å²) >= 11 is 12.5. The molecule has 0 bridgehead atoms. The number of benzene rings is 1. The van der Waals surface area contributed by atoms with Crippen molar-refractivity contribution in [3.05, 3.63) is 39.4 Å². The fourth-order valence-electron chi connectivity index (χ4n) is 2.00. The van der Waals surface area contributed by atoms with Crippen molar-refractivity contribution in [3.63, 3.8) is 0 Å². The van der Waals surface area contributed by atoms with E-state index in [-0.39, 0.29) is 5.91 Å². The fraction of sp³-hybridized carbons (Fsp3) is 0.438. The summed E-state index contributed by atoms with van der Waals surface area (Å²) < 4.78 is 0. The maximum Gasteiger partial charge on any atom is 0.251 e. The molecule has 1 heterocycles. The Morgan fingerprint density at radius 1 is 1.38 bits per heavy atom. The van der Waals surface area contributed by atoms with Gasteiger partial charge in [0.1, 0.15) is 0 Å². The summed E-state index contributed by atoms with van der Waals surface area (Å²) in [6.07, 6.45) is 1.52. The van der Waals surface area contributed by atoms with Gasteiger partial charge in [0.05, 0.1) is 10.0 Å². The molecule has 1 aliphatic heterocycles. The summed E-state index contributed by atoms with van der Waals surface area (Å²) in [6.45, 7) is 10.6. The molecule has 3 nitrogen and oxygen atoms in total. The van der Waals surface area contributed by atoms with Gasteiger partial charge in [-0.25, -0.2) is 0 Å². The molecule has 0 aromatic heterocycles. The van der Waals surface area contributed by atoms with E-state index in [4.69, 9.17) is 23.2 Å². The van der Waals surface area contributed by atoms with E-state index < -0.39 is 0 Å². The Hall–Kier alpha value is -1.03. The van der Waals surface area contributed by atoms with Crippen LogP contribution in [0, 0.1) is 0 Å². The minimum Gasteiger partial charge on any atom is -0.352 e. The molecule has 118 valence electrons. The van der Waals surface area contributed by atoms with Crippen molar-refractivity contribution < 1.29 is 4.79 Å². The third-order valence-corrected chi connectivity index (χ3v) is 3.72. The molecule has 0 unspecified atom stereocenters. The number of carbonyl (C=O) groups excluding carboxylic acids is 1. The highest BCUT2D eigenvalue weighted by Gasteiger charge is 2.23. The highest BCUT2D eigenvalue weighted by molar-refractivity contribution is 6.38. The zero-order valence-electron chi connectivity index (χ0n) is 13.1. The molecule has 0 aliphatic carbocycles. The summed E-state index contributed by atoms with van der Waals surface area (Å²) in [5.41, 5.74) is 7.64. The van der Waals surface area contributed by atoms with Gasteiger partial charge >= 0.3 is 0 Å². The molecule has 5 heteroatoms. The summed E-state index contributed by atoms with van der Waals surface area (Å²) in [6, 6.07) is 1.69. The van der Waals surface area contributed by atoms with Crippen LogP contribution in [0.15, 0.2) is 12.6 Å². The van der Waals surface area contributed by atoms with E-state index in [0.717, 1.165) is 29.5 Å². The molecular weight excluding hydrogens is 307 g/mol. The van der Waals surface area contributed by atoms with Gasteiger partial charge in [0.2, 0.25) is 0 Å². The number of nitrogens with one attached hydrogen (secondary N) is 1. The van der Waals surface area contributed by atoms with Crippen LogP contribution in [0.1, 0.15) is 48.7 Å². The standard InChI is InChI=1S/C13H13Cl2NO.C2H6.CH5N/c1-3-7(2)11-10(14)6-9-8(12(11)15)4-5-16-13(9)17;2*1-2/h6H,2-5H2,1H3,(H,16,17);1-2H3;2H2,1H3. The largest absolute Gasteiger partial charge is 0.352 e. The zero-order chi connectivity index (χ0) is 16.6. The predicted molar refractivity (Wildman–Crippen MR) is 93.3 cm³/mol. The quantitative estimate of drug-likeness (QED) is 0.849. The SMILES string of the molecule is C=C(CC)c1c(Cl)cc2c(c1Cl)CCNC2=O.CC.CN. The van der Waals surface area contributed by atoms with E-state index in [9.17, 15) is 4.79 Å². The first-order valence-electron chi connectivity index (χ1n) is 7.11. The second kappa shape index (κ2) is 9.82. The Kier molecular flexibility index (Phi) is 9.34. The summed E-state index contributed by atoms with van der Waals surface area (Å²) in [5.74, 6) is -0.108. The first kappa shape index (κ1) is 20.0. The van der Waals surface area contributed by atoms with Gasteiger partial charge in [0, 0.05) is 17.7 Å². The maximum absolute atomic E-state index is 11.7. The topological polar surface area (TPSA) is 55.1 Å². The Balaban J connectivity index is 0.000000921. The molecule has 21 heavy (non-hydrogen) atoms. The molecule has 3 N–H and O–H groups in total. The van der Waals surface area contributed by atoms with Crippen molar-refractivity contribution >= 4 is 34.7 Å². The van der Waals surface area contributed by atoms with E-state index in [1.54, 1.807) is 6.07 Å². The monoisotopic (exact) mass is 330 g/mol. The Morgan fingerprint density at radius 2 is 1.95 bits per heavy atom. The number of halogens is 2. The minimum atomic E-state index is -0.108. The van der Waals surface area contributed by atoms with Gasteiger partial charge in [-0.05, 0) is 37.1 Å². The van der Waals surface area contributed by atoms with Crippen LogP contribution in [-0.4, -0.2) is 19.5 Å². The lowest BCUT2D eigenvalue weighted by atomic mass is 9.94. The van der Waals surface area contributed by atoms with Crippen LogP contribution in [0.25, 0.3) is 5.57 Å². The Morgan fingerprint density at radius 3 is 2.48 bits per heavy atom. The molecule has 1 amide bonds. The summed E-state index contributed by atoms with van der Waals surface area (Å²) in [5, 5.41) is 3.85. The first-order chi connectivity index (χ1) is 10.1. The molecule has 2 rings (SSSR count). The van der Waals surface area contributed by atoms with E-state index in [1.807, 2.05) is 20.8 Å². The second-order valence-electron chi connectivity index (χ2n) is 4.04.